The number of rotatable bonds is 0. The van der Waals surface area contributed by atoms with Gasteiger partial charge in [0.2, 0.25) is 9.82 Å². The van der Waals surface area contributed by atoms with Crippen LogP contribution in [0.5, 0.6) is 0 Å². The third-order valence-electron chi connectivity index (χ3n) is 0.200. The van der Waals surface area contributed by atoms with Gasteiger partial charge >= 0.3 is 0 Å². The molecule has 0 fully saturated rings. The minimum atomic E-state index is 1.45. The molecule has 0 saturated heterocycles. The van der Waals surface area contributed by atoms with Crippen molar-refractivity contribution in [2.45, 2.75) is 0 Å². The van der Waals surface area contributed by atoms with Gasteiger partial charge in [-0.25, -0.2) is 0 Å². The Bertz CT molecular complexity index is 110. The lowest BCUT2D eigenvalue weighted by atomic mass is 11.6. The maximum atomic E-state index is 5.91. The van der Waals surface area contributed by atoms with Gasteiger partial charge in [-0.3, -0.25) is 0 Å². The Kier molecular flexibility index (Phi) is 142. The van der Waals surface area contributed by atoms with Gasteiger partial charge in [0.15, 0.2) is 0 Å². The fourth-order valence-electron chi connectivity index (χ4n) is 0. The molecule has 0 bridgehead atoms. The smallest absolute Gasteiger partial charge is 0.0966 e. The maximum absolute atomic E-state index is 5.91. The normalized spacial score (nSPS) is 3.83. The van der Waals surface area contributed by atoms with Crippen LogP contribution in [0, 0.1) is 11.1 Å². The lowest BCUT2D eigenvalue weighted by molar-refractivity contribution is 0.960. The molecule has 0 amide bonds. The molecule has 0 rings (SSSR count). The standard InChI is InChI=1S/2CH3Br.2CH4N3/c2*1-2;2*1-3-4-2/h2*1H3;2*2H,1H3/q;;2*+1. The molecule has 0 aromatic carbocycles. The van der Waals surface area contributed by atoms with E-state index in [1.807, 2.05) is 11.7 Å². The molecular weight excluding hydrogens is 292 g/mol. The van der Waals surface area contributed by atoms with Crippen molar-refractivity contribution in [3.05, 3.63) is 0 Å². The monoisotopic (exact) mass is 304 g/mol. The average molecular weight is 306 g/mol. The summed E-state index contributed by atoms with van der Waals surface area (Å²) in [5, 5.41) is 6.06. The van der Waals surface area contributed by atoms with Crippen molar-refractivity contribution < 1.29 is 0 Å². The summed E-state index contributed by atoms with van der Waals surface area (Å²) in [4.78, 5) is 5.22. The molecule has 0 aliphatic rings. The van der Waals surface area contributed by atoms with Crippen LogP contribution in [-0.2, 0) is 0 Å². The van der Waals surface area contributed by atoms with Gasteiger partial charge in [-0.1, -0.05) is 31.9 Å². The van der Waals surface area contributed by atoms with Crippen LogP contribution in [0.3, 0.4) is 0 Å². The number of alkyl halides is 2. The SMILES string of the molecule is CBr.CBr.CN=[N+]=N.CN=[N+]=N. The van der Waals surface area contributed by atoms with Crippen molar-refractivity contribution in [1.82, 2.24) is 9.82 Å². The topological polar surface area (TPSA) is 101 Å². The van der Waals surface area contributed by atoms with Crippen LogP contribution >= 0.6 is 31.9 Å². The van der Waals surface area contributed by atoms with Gasteiger partial charge < -0.3 is 0 Å². The van der Waals surface area contributed by atoms with E-state index in [-0.39, 0.29) is 0 Å². The van der Waals surface area contributed by atoms with E-state index < -0.39 is 0 Å². The van der Waals surface area contributed by atoms with Crippen molar-refractivity contribution in [3.63, 3.8) is 0 Å². The van der Waals surface area contributed by atoms with E-state index in [0.717, 1.165) is 0 Å². The van der Waals surface area contributed by atoms with E-state index in [4.69, 9.17) is 11.1 Å². The van der Waals surface area contributed by atoms with E-state index >= 15 is 0 Å². The van der Waals surface area contributed by atoms with Gasteiger partial charge in [-0.05, 0) is 11.7 Å². The molecule has 0 aliphatic carbocycles. The van der Waals surface area contributed by atoms with Crippen LogP contribution in [0.4, 0.5) is 0 Å². The number of halogens is 2. The first-order valence-corrected chi connectivity index (χ1v) is 5.67. The summed E-state index contributed by atoms with van der Waals surface area (Å²) in [5.74, 6) is 3.62. The lowest BCUT2D eigenvalue weighted by Crippen LogP contribution is -1.43. The van der Waals surface area contributed by atoms with Gasteiger partial charge in [0.25, 0.3) is 0 Å². The van der Waals surface area contributed by atoms with Gasteiger partial charge in [0, 0.05) is 0 Å². The van der Waals surface area contributed by atoms with E-state index in [2.05, 4.69) is 51.9 Å². The molecule has 0 spiro atoms. The highest BCUT2D eigenvalue weighted by molar-refractivity contribution is 9.09. The Balaban J connectivity index is -0.0000000380. The maximum Gasteiger partial charge on any atom is 0.213 e. The van der Waals surface area contributed by atoms with E-state index in [0.29, 0.717) is 0 Å². The lowest BCUT2D eigenvalue weighted by Gasteiger charge is -1.17. The molecule has 0 radical (unpaired) electrons. The summed E-state index contributed by atoms with van der Waals surface area (Å²) in [6.07, 6.45) is 0. The predicted octanol–water partition coefficient (Wildman–Crippen LogP) is 2.36. The second-order valence-electron chi connectivity index (χ2n) is 0.600. The largest absolute Gasteiger partial charge is 0.213 e. The molecule has 0 aromatic rings. The highest BCUT2D eigenvalue weighted by atomic mass is 79.9. The van der Waals surface area contributed by atoms with Crippen molar-refractivity contribution in [1.29, 1.82) is 11.1 Å². The first kappa shape index (κ1) is 22.6. The van der Waals surface area contributed by atoms with Crippen LogP contribution in [0.2, 0.25) is 0 Å². The highest BCUT2D eigenvalue weighted by Gasteiger charge is 1.45. The second kappa shape index (κ2) is 75.8. The molecule has 8 heteroatoms. The number of hydrogen-bond acceptors (Lipinski definition) is 4. The molecule has 0 saturated carbocycles. The summed E-state index contributed by atoms with van der Waals surface area (Å²) in [5.41, 5.74) is 11.8. The third kappa shape index (κ3) is 283. The summed E-state index contributed by atoms with van der Waals surface area (Å²) in [6, 6.07) is 0. The fraction of sp³-hybridized carbons (Fsp3) is 1.00. The first-order chi connectivity index (χ1) is 5.83. The number of nitrogens with one attached hydrogen (secondary N) is 2. The molecule has 0 aliphatic heterocycles. The Morgan fingerprint density at radius 3 is 0.917 bits per heavy atom. The zero-order valence-electron chi connectivity index (χ0n) is 7.54. The van der Waals surface area contributed by atoms with E-state index in [1.165, 1.54) is 14.1 Å². The van der Waals surface area contributed by atoms with Crippen LogP contribution in [0.15, 0.2) is 10.2 Å². The van der Waals surface area contributed by atoms with Crippen LogP contribution in [-0.4, -0.2) is 25.8 Å². The summed E-state index contributed by atoms with van der Waals surface area (Å²) >= 11 is 5.88. The fourth-order valence-corrected chi connectivity index (χ4v) is 0. The molecule has 0 atom stereocenters. The molecule has 2 N–H and O–H groups in total. The summed E-state index contributed by atoms with van der Waals surface area (Å²) in [6.45, 7) is 0. The minimum absolute atomic E-state index is 1.45. The molecule has 0 unspecified atom stereocenters. The van der Waals surface area contributed by atoms with Gasteiger partial charge in [-0.15, -0.1) is 0 Å². The highest BCUT2D eigenvalue weighted by Crippen LogP contribution is 1.45. The Hall–Kier alpha value is -0.420. The van der Waals surface area contributed by atoms with Crippen molar-refractivity contribution >= 4 is 31.9 Å². The quantitative estimate of drug-likeness (QED) is 0.390. The predicted molar refractivity (Wildman–Crippen MR) is 56.1 cm³/mol. The Morgan fingerprint density at radius 2 is 0.917 bits per heavy atom. The molecular formula is C4H14Br2N6+2. The zero-order valence-corrected chi connectivity index (χ0v) is 10.7. The van der Waals surface area contributed by atoms with Crippen molar-refractivity contribution in [3.8, 4) is 0 Å². The van der Waals surface area contributed by atoms with E-state index in [1.54, 1.807) is 0 Å². The molecule has 0 heterocycles. The zero-order chi connectivity index (χ0) is 10.8. The van der Waals surface area contributed by atoms with Crippen LogP contribution in [0.25, 0.3) is 0 Å². The molecule has 0 aromatic heterocycles. The van der Waals surface area contributed by atoms with Crippen LogP contribution in [0.1, 0.15) is 0 Å². The first-order valence-electron chi connectivity index (χ1n) is 2.50. The number of nitrogens with zero attached hydrogens (tertiary/aromatic N) is 4. The van der Waals surface area contributed by atoms with Crippen molar-refractivity contribution in [2.75, 3.05) is 25.8 Å². The van der Waals surface area contributed by atoms with Gasteiger partial charge in [0.05, 0.1) is 0 Å². The Morgan fingerprint density at radius 1 is 0.833 bits per heavy atom. The summed E-state index contributed by atoms with van der Waals surface area (Å²) in [7, 11) is 2.90. The second-order valence-corrected chi connectivity index (χ2v) is 0.600. The van der Waals surface area contributed by atoms with Gasteiger partial charge in [0.1, 0.15) is 35.4 Å². The number of hydrogen-bond donors (Lipinski definition) is 2. The third-order valence-corrected chi connectivity index (χ3v) is 0.200. The minimum Gasteiger partial charge on any atom is -0.0966 e. The Labute approximate surface area is 88.9 Å². The van der Waals surface area contributed by atoms with Crippen LogP contribution < -0.4 is 9.82 Å². The molecule has 6 nitrogen and oxygen atoms in total. The summed E-state index contributed by atoms with van der Waals surface area (Å²) < 4.78 is 0. The van der Waals surface area contributed by atoms with E-state index in [9.17, 15) is 0 Å². The van der Waals surface area contributed by atoms with Crippen molar-refractivity contribution in [2.24, 2.45) is 10.2 Å². The molecule has 12 heavy (non-hydrogen) atoms. The molecule has 72 valence electrons. The van der Waals surface area contributed by atoms with Gasteiger partial charge in [-0.2, -0.15) is 0 Å². The average Bonchev–Trinajstić information content (AvgIpc) is 2.23.